The molecule has 5 heteroatoms. The quantitative estimate of drug-likeness (QED) is 0.526. The maximum atomic E-state index is 12.4. The van der Waals surface area contributed by atoms with Crippen LogP contribution in [0.2, 0.25) is 0 Å². The van der Waals surface area contributed by atoms with E-state index in [1.54, 1.807) is 11.1 Å². The molecule has 1 saturated heterocycles. The van der Waals surface area contributed by atoms with Gasteiger partial charge < -0.3 is 14.4 Å². The van der Waals surface area contributed by atoms with E-state index in [9.17, 15) is 4.79 Å². The van der Waals surface area contributed by atoms with Crippen LogP contribution in [0, 0.1) is 0 Å². The minimum Gasteiger partial charge on any atom is -0.444 e. The average Bonchev–Trinajstić information content (AvgIpc) is 2.73. The summed E-state index contributed by atoms with van der Waals surface area (Å²) >= 11 is 0. The molecule has 0 unspecified atom stereocenters. The molecule has 0 spiro atoms. The number of nitrogens with zero attached hydrogens (tertiary/aromatic N) is 2. The topological polar surface area (TPSA) is 51.7 Å². The van der Waals surface area contributed by atoms with E-state index in [1.807, 2.05) is 51.1 Å². The summed E-state index contributed by atoms with van der Waals surface area (Å²) in [6, 6.07) is 18.3. The summed E-state index contributed by atoms with van der Waals surface area (Å²) in [5.74, 6) is 1.74. The standard InChI is InChI=1S/C25H28N2O3/c1-25(2,3)30-24(28)27-16-13-19(14-17-27)21-11-7-15-26-23(21)29-22-12-6-9-18-8-4-5-10-20(18)22/h4-12,15,19H,13-14,16-17H2,1-3H3. The third-order valence-electron chi connectivity index (χ3n) is 5.34. The molecule has 0 saturated carbocycles. The molecule has 1 amide bonds. The zero-order valence-electron chi connectivity index (χ0n) is 17.8. The second-order valence-corrected chi connectivity index (χ2v) is 8.72. The molecule has 0 atom stereocenters. The first-order chi connectivity index (χ1) is 14.4. The van der Waals surface area contributed by atoms with Gasteiger partial charge in [0.1, 0.15) is 11.4 Å². The van der Waals surface area contributed by atoms with Crippen LogP contribution in [0.25, 0.3) is 10.8 Å². The van der Waals surface area contributed by atoms with E-state index in [-0.39, 0.29) is 6.09 Å². The van der Waals surface area contributed by atoms with Gasteiger partial charge in [0, 0.05) is 30.2 Å². The first-order valence-electron chi connectivity index (χ1n) is 10.5. The van der Waals surface area contributed by atoms with Crippen molar-refractivity contribution in [3.05, 3.63) is 66.4 Å². The highest BCUT2D eigenvalue weighted by Crippen LogP contribution is 2.37. The Balaban J connectivity index is 1.50. The molecule has 0 bridgehead atoms. The van der Waals surface area contributed by atoms with Crippen LogP contribution >= 0.6 is 0 Å². The Morgan fingerprint density at radius 2 is 1.73 bits per heavy atom. The highest BCUT2D eigenvalue weighted by Gasteiger charge is 2.29. The SMILES string of the molecule is CC(C)(C)OC(=O)N1CCC(c2cccnc2Oc2cccc3ccccc23)CC1. The molecule has 1 aliphatic heterocycles. The number of amides is 1. The van der Waals surface area contributed by atoms with Crippen molar-refractivity contribution in [2.75, 3.05) is 13.1 Å². The first-order valence-corrected chi connectivity index (χ1v) is 10.5. The molecule has 0 radical (unpaired) electrons. The molecule has 0 N–H and O–H groups in total. The normalized spacial score (nSPS) is 15.2. The summed E-state index contributed by atoms with van der Waals surface area (Å²) in [7, 11) is 0. The number of ether oxygens (including phenoxy) is 2. The molecular weight excluding hydrogens is 376 g/mol. The number of carbonyl (C=O) groups excluding carboxylic acids is 1. The van der Waals surface area contributed by atoms with E-state index < -0.39 is 5.60 Å². The molecule has 1 aromatic heterocycles. The summed E-state index contributed by atoms with van der Waals surface area (Å²) in [5, 5.41) is 2.20. The van der Waals surface area contributed by atoms with Crippen LogP contribution in [0.15, 0.2) is 60.8 Å². The van der Waals surface area contributed by atoms with Crippen LogP contribution < -0.4 is 4.74 Å². The first kappa shape index (κ1) is 20.2. The van der Waals surface area contributed by atoms with Crippen molar-refractivity contribution in [2.45, 2.75) is 45.1 Å². The molecule has 1 fully saturated rings. The number of hydrogen-bond donors (Lipinski definition) is 0. The maximum Gasteiger partial charge on any atom is 0.410 e. The van der Waals surface area contributed by atoms with Crippen LogP contribution in [0.1, 0.15) is 45.1 Å². The highest BCUT2D eigenvalue weighted by atomic mass is 16.6. The van der Waals surface area contributed by atoms with E-state index in [4.69, 9.17) is 9.47 Å². The van der Waals surface area contributed by atoms with Crippen molar-refractivity contribution >= 4 is 16.9 Å². The molecule has 3 aromatic rings. The number of piperidine rings is 1. The van der Waals surface area contributed by atoms with Crippen LogP contribution in [0.5, 0.6) is 11.6 Å². The Morgan fingerprint density at radius 3 is 2.50 bits per heavy atom. The van der Waals surface area contributed by atoms with Crippen LogP contribution in [0.3, 0.4) is 0 Å². The van der Waals surface area contributed by atoms with Gasteiger partial charge in [-0.1, -0.05) is 42.5 Å². The smallest absolute Gasteiger partial charge is 0.410 e. The van der Waals surface area contributed by atoms with Crippen molar-refractivity contribution in [3.63, 3.8) is 0 Å². The summed E-state index contributed by atoms with van der Waals surface area (Å²) in [5.41, 5.74) is 0.616. The number of pyridine rings is 1. The Morgan fingerprint density at radius 1 is 1.00 bits per heavy atom. The number of aromatic nitrogens is 1. The van der Waals surface area contributed by atoms with Gasteiger partial charge in [-0.2, -0.15) is 0 Å². The Bertz CT molecular complexity index is 1030. The third-order valence-corrected chi connectivity index (χ3v) is 5.34. The van der Waals surface area contributed by atoms with E-state index >= 15 is 0 Å². The molecule has 156 valence electrons. The van der Waals surface area contributed by atoms with Crippen molar-refractivity contribution in [2.24, 2.45) is 0 Å². The molecule has 0 aliphatic carbocycles. The summed E-state index contributed by atoms with van der Waals surface area (Å²) in [6.07, 6.45) is 3.24. The van der Waals surface area contributed by atoms with Crippen molar-refractivity contribution < 1.29 is 14.3 Å². The summed E-state index contributed by atoms with van der Waals surface area (Å²) in [6.45, 7) is 7.02. The van der Waals surface area contributed by atoms with Gasteiger partial charge in [-0.15, -0.1) is 0 Å². The maximum absolute atomic E-state index is 12.4. The minimum absolute atomic E-state index is 0.237. The summed E-state index contributed by atoms with van der Waals surface area (Å²) < 4.78 is 11.8. The number of benzene rings is 2. The van der Waals surface area contributed by atoms with Crippen LogP contribution in [-0.2, 0) is 4.74 Å². The lowest BCUT2D eigenvalue weighted by Crippen LogP contribution is -2.41. The number of likely N-dealkylation sites (tertiary alicyclic amines) is 1. The second-order valence-electron chi connectivity index (χ2n) is 8.72. The van der Waals surface area contributed by atoms with Gasteiger partial charge in [-0.3, -0.25) is 0 Å². The second kappa shape index (κ2) is 8.34. The highest BCUT2D eigenvalue weighted by molar-refractivity contribution is 5.88. The predicted molar refractivity (Wildman–Crippen MR) is 118 cm³/mol. The van der Waals surface area contributed by atoms with Gasteiger partial charge in [-0.05, 0) is 57.0 Å². The van der Waals surface area contributed by atoms with Crippen LogP contribution in [0.4, 0.5) is 4.79 Å². The lowest BCUT2D eigenvalue weighted by Gasteiger charge is -2.33. The molecule has 1 aliphatic rings. The van der Waals surface area contributed by atoms with Gasteiger partial charge in [-0.25, -0.2) is 9.78 Å². The zero-order chi connectivity index (χ0) is 21.1. The zero-order valence-corrected chi connectivity index (χ0v) is 17.8. The lowest BCUT2D eigenvalue weighted by molar-refractivity contribution is 0.0204. The number of hydrogen-bond acceptors (Lipinski definition) is 4. The fraction of sp³-hybridized carbons (Fsp3) is 0.360. The molecular formula is C25H28N2O3. The Kier molecular flexibility index (Phi) is 5.62. The third kappa shape index (κ3) is 4.56. The molecule has 4 rings (SSSR count). The van der Waals surface area contributed by atoms with Crippen LogP contribution in [-0.4, -0.2) is 34.7 Å². The van der Waals surface area contributed by atoms with E-state index in [0.29, 0.717) is 24.9 Å². The van der Waals surface area contributed by atoms with Gasteiger partial charge in [0.05, 0.1) is 0 Å². The molecule has 30 heavy (non-hydrogen) atoms. The van der Waals surface area contributed by atoms with Gasteiger partial charge in [0.2, 0.25) is 5.88 Å². The minimum atomic E-state index is -0.475. The lowest BCUT2D eigenvalue weighted by atomic mass is 9.90. The van der Waals surface area contributed by atoms with E-state index in [1.165, 1.54) is 0 Å². The van der Waals surface area contributed by atoms with E-state index in [2.05, 4.69) is 29.2 Å². The Labute approximate surface area is 177 Å². The van der Waals surface area contributed by atoms with Crippen molar-refractivity contribution in [1.29, 1.82) is 0 Å². The van der Waals surface area contributed by atoms with Gasteiger partial charge >= 0.3 is 6.09 Å². The number of fused-ring (bicyclic) bond motifs is 1. The van der Waals surface area contributed by atoms with Crippen molar-refractivity contribution in [3.8, 4) is 11.6 Å². The fourth-order valence-electron chi connectivity index (χ4n) is 3.89. The average molecular weight is 405 g/mol. The number of carbonyl (C=O) groups is 1. The monoisotopic (exact) mass is 404 g/mol. The Hall–Kier alpha value is -3.08. The fourth-order valence-corrected chi connectivity index (χ4v) is 3.89. The molecule has 5 nitrogen and oxygen atoms in total. The molecule has 2 heterocycles. The molecule has 2 aromatic carbocycles. The predicted octanol–water partition coefficient (Wildman–Crippen LogP) is 6.14. The van der Waals surface area contributed by atoms with Crippen molar-refractivity contribution in [1.82, 2.24) is 9.88 Å². The summed E-state index contributed by atoms with van der Waals surface area (Å²) in [4.78, 5) is 18.7. The van der Waals surface area contributed by atoms with Gasteiger partial charge in [0.15, 0.2) is 0 Å². The van der Waals surface area contributed by atoms with Gasteiger partial charge in [0.25, 0.3) is 0 Å². The van der Waals surface area contributed by atoms with E-state index in [0.717, 1.165) is 34.9 Å². The number of rotatable bonds is 3. The largest absolute Gasteiger partial charge is 0.444 e.